The highest BCUT2D eigenvalue weighted by atomic mass is 19.1. The number of carbonyl (C=O) groups is 1. The summed E-state index contributed by atoms with van der Waals surface area (Å²) in [5.74, 6) is -1.66. The summed E-state index contributed by atoms with van der Waals surface area (Å²) in [4.78, 5) is 14.3. The fraction of sp³-hybridized carbons (Fsp3) is 0. The number of hydrogen-bond donors (Lipinski definition) is 1. The van der Waals surface area contributed by atoms with Crippen molar-refractivity contribution in [3.05, 3.63) is 36.0 Å². The number of rotatable bonds is 1. The molecule has 0 aromatic carbocycles. The van der Waals surface area contributed by atoms with Crippen molar-refractivity contribution in [1.29, 1.82) is 0 Å². The molecule has 13 heavy (non-hydrogen) atoms. The van der Waals surface area contributed by atoms with Crippen LogP contribution in [0.15, 0.2) is 24.5 Å². The number of aromatic carboxylic acids is 1. The Morgan fingerprint density at radius 3 is 3.08 bits per heavy atom. The molecule has 0 aliphatic carbocycles. The number of aromatic nitrogens is 2. The quantitative estimate of drug-likeness (QED) is 0.716. The highest BCUT2D eigenvalue weighted by molar-refractivity contribution is 5.86. The Morgan fingerprint density at radius 2 is 2.38 bits per heavy atom. The predicted octanol–water partition coefficient (Wildman–Crippen LogP) is 1.17. The SMILES string of the molecule is O=C(O)c1cnc2c(F)cccn12. The second-order valence-electron chi connectivity index (χ2n) is 2.50. The summed E-state index contributed by atoms with van der Waals surface area (Å²) >= 11 is 0. The molecule has 0 saturated heterocycles. The van der Waals surface area contributed by atoms with Crippen LogP contribution in [0.2, 0.25) is 0 Å². The van der Waals surface area contributed by atoms with Crippen molar-refractivity contribution in [2.24, 2.45) is 0 Å². The molecule has 2 rings (SSSR count). The van der Waals surface area contributed by atoms with E-state index in [1.807, 2.05) is 0 Å². The Labute approximate surface area is 72.3 Å². The van der Waals surface area contributed by atoms with Crippen molar-refractivity contribution >= 4 is 11.6 Å². The molecule has 0 saturated carbocycles. The molecule has 0 unspecified atom stereocenters. The van der Waals surface area contributed by atoms with Gasteiger partial charge in [-0.05, 0) is 12.1 Å². The molecule has 0 aliphatic rings. The minimum absolute atomic E-state index is 0.0277. The molecular formula is C8H5FN2O2. The van der Waals surface area contributed by atoms with E-state index in [2.05, 4.69) is 4.98 Å². The number of nitrogens with zero attached hydrogens (tertiary/aromatic N) is 2. The lowest BCUT2D eigenvalue weighted by Gasteiger charge is -1.95. The van der Waals surface area contributed by atoms with Gasteiger partial charge >= 0.3 is 5.97 Å². The normalized spacial score (nSPS) is 10.5. The van der Waals surface area contributed by atoms with E-state index in [0.717, 1.165) is 6.20 Å². The van der Waals surface area contributed by atoms with Crippen LogP contribution in [0.25, 0.3) is 5.65 Å². The van der Waals surface area contributed by atoms with Crippen molar-refractivity contribution in [2.75, 3.05) is 0 Å². The standard InChI is InChI=1S/C8H5FN2O2/c9-5-2-1-3-11-6(8(12)13)4-10-7(5)11/h1-4H,(H,12,13). The van der Waals surface area contributed by atoms with Gasteiger partial charge in [-0.25, -0.2) is 14.2 Å². The molecule has 2 aromatic heterocycles. The Bertz CT molecular complexity index is 478. The summed E-state index contributed by atoms with van der Waals surface area (Å²) in [5, 5.41) is 8.68. The predicted molar refractivity (Wildman–Crippen MR) is 42.1 cm³/mol. The summed E-state index contributed by atoms with van der Waals surface area (Å²) in [6, 6.07) is 2.66. The average Bonchev–Trinajstić information content (AvgIpc) is 2.48. The van der Waals surface area contributed by atoms with Crippen molar-refractivity contribution in [1.82, 2.24) is 9.38 Å². The molecule has 0 fully saturated rings. The first-order chi connectivity index (χ1) is 6.20. The summed E-state index contributed by atoms with van der Waals surface area (Å²) in [6.45, 7) is 0. The first kappa shape index (κ1) is 7.72. The molecule has 0 bridgehead atoms. The molecule has 0 spiro atoms. The van der Waals surface area contributed by atoms with Gasteiger partial charge in [-0.3, -0.25) is 4.40 Å². The van der Waals surface area contributed by atoms with Crippen LogP contribution >= 0.6 is 0 Å². The Kier molecular flexibility index (Phi) is 1.51. The Balaban J connectivity index is 2.83. The smallest absolute Gasteiger partial charge is 0.354 e. The molecule has 5 heteroatoms. The number of imidazole rings is 1. The number of fused-ring (bicyclic) bond motifs is 1. The van der Waals surface area contributed by atoms with Crippen LogP contribution in [0, 0.1) is 5.82 Å². The maximum Gasteiger partial charge on any atom is 0.354 e. The van der Waals surface area contributed by atoms with E-state index in [0.29, 0.717) is 0 Å². The Hall–Kier alpha value is -1.91. The molecule has 2 aromatic rings. The van der Waals surface area contributed by atoms with E-state index in [9.17, 15) is 9.18 Å². The highest BCUT2D eigenvalue weighted by Gasteiger charge is 2.11. The number of pyridine rings is 1. The third-order valence-corrected chi connectivity index (χ3v) is 1.71. The molecule has 4 nitrogen and oxygen atoms in total. The highest BCUT2D eigenvalue weighted by Crippen LogP contribution is 2.09. The van der Waals surface area contributed by atoms with Gasteiger partial charge in [-0.1, -0.05) is 0 Å². The van der Waals surface area contributed by atoms with E-state index in [4.69, 9.17) is 5.11 Å². The summed E-state index contributed by atoms with van der Waals surface area (Å²) in [5.41, 5.74) is -0.0191. The minimum atomic E-state index is -1.13. The first-order valence-corrected chi connectivity index (χ1v) is 3.55. The number of hydrogen-bond acceptors (Lipinski definition) is 2. The van der Waals surface area contributed by atoms with E-state index >= 15 is 0 Å². The lowest BCUT2D eigenvalue weighted by atomic mass is 10.4. The van der Waals surface area contributed by atoms with Crippen LogP contribution in [0.3, 0.4) is 0 Å². The molecular weight excluding hydrogens is 175 g/mol. The van der Waals surface area contributed by atoms with Gasteiger partial charge in [0.25, 0.3) is 0 Å². The van der Waals surface area contributed by atoms with Crippen LogP contribution < -0.4 is 0 Å². The molecule has 0 aliphatic heterocycles. The molecule has 0 amide bonds. The topological polar surface area (TPSA) is 54.6 Å². The van der Waals surface area contributed by atoms with Crippen molar-refractivity contribution < 1.29 is 14.3 Å². The lowest BCUT2D eigenvalue weighted by Crippen LogP contribution is -2.01. The third-order valence-electron chi connectivity index (χ3n) is 1.71. The average molecular weight is 180 g/mol. The molecule has 0 radical (unpaired) electrons. The van der Waals surface area contributed by atoms with Crippen molar-refractivity contribution in [2.45, 2.75) is 0 Å². The fourth-order valence-corrected chi connectivity index (χ4v) is 1.13. The van der Waals surface area contributed by atoms with Crippen LogP contribution in [-0.4, -0.2) is 20.5 Å². The van der Waals surface area contributed by atoms with Gasteiger partial charge in [0, 0.05) is 6.20 Å². The van der Waals surface area contributed by atoms with E-state index in [1.165, 1.54) is 22.7 Å². The zero-order chi connectivity index (χ0) is 9.42. The van der Waals surface area contributed by atoms with Gasteiger partial charge in [0.15, 0.2) is 17.2 Å². The summed E-state index contributed by atoms with van der Waals surface area (Å²) in [6.07, 6.45) is 2.58. The second kappa shape index (κ2) is 2.55. The summed E-state index contributed by atoms with van der Waals surface area (Å²) in [7, 11) is 0. The molecule has 0 atom stereocenters. The maximum absolute atomic E-state index is 13.0. The molecule has 1 N–H and O–H groups in total. The van der Waals surface area contributed by atoms with Crippen LogP contribution in [0.5, 0.6) is 0 Å². The summed E-state index contributed by atoms with van der Waals surface area (Å²) < 4.78 is 14.2. The van der Waals surface area contributed by atoms with Gasteiger partial charge in [0.2, 0.25) is 0 Å². The molecule has 66 valence electrons. The maximum atomic E-state index is 13.0. The van der Waals surface area contributed by atoms with E-state index in [1.54, 1.807) is 0 Å². The van der Waals surface area contributed by atoms with Gasteiger partial charge in [-0.2, -0.15) is 0 Å². The van der Waals surface area contributed by atoms with Crippen molar-refractivity contribution in [3.8, 4) is 0 Å². The van der Waals surface area contributed by atoms with Gasteiger partial charge in [-0.15, -0.1) is 0 Å². The minimum Gasteiger partial charge on any atom is -0.477 e. The first-order valence-electron chi connectivity index (χ1n) is 3.55. The number of carboxylic acid groups (broad SMARTS) is 1. The van der Waals surface area contributed by atoms with E-state index in [-0.39, 0.29) is 11.3 Å². The third kappa shape index (κ3) is 1.05. The number of carboxylic acids is 1. The number of halogens is 1. The van der Waals surface area contributed by atoms with Crippen LogP contribution in [-0.2, 0) is 0 Å². The van der Waals surface area contributed by atoms with Crippen molar-refractivity contribution in [3.63, 3.8) is 0 Å². The largest absolute Gasteiger partial charge is 0.477 e. The van der Waals surface area contributed by atoms with Crippen LogP contribution in [0.1, 0.15) is 10.5 Å². The molecule has 2 heterocycles. The van der Waals surface area contributed by atoms with Crippen LogP contribution in [0.4, 0.5) is 4.39 Å². The Morgan fingerprint density at radius 1 is 1.62 bits per heavy atom. The zero-order valence-corrected chi connectivity index (χ0v) is 6.44. The van der Waals surface area contributed by atoms with Gasteiger partial charge in [0.05, 0.1) is 6.20 Å². The lowest BCUT2D eigenvalue weighted by molar-refractivity contribution is 0.0689. The fourth-order valence-electron chi connectivity index (χ4n) is 1.13. The zero-order valence-electron chi connectivity index (χ0n) is 6.44. The van der Waals surface area contributed by atoms with Gasteiger partial charge in [0.1, 0.15) is 0 Å². The van der Waals surface area contributed by atoms with E-state index < -0.39 is 11.8 Å². The monoisotopic (exact) mass is 180 g/mol. The second-order valence-corrected chi connectivity index (χ2v) is 2.50. The van der Waals surface area contributed by atoms with Gasteiger partial charge < -0.3 is 5.11 Å².